The first-order valence-electron chi connectivity index (χ1n) is 22.4. The predicted octanol–water partition coefficient (Wildman–Crippen LogP) is 16.2. The highest BCUT2D eigenvalue weighted by Gasteiger charge is 2.56. The molecule has 1 nitrogen and oxygen atoms in total. The summed E-state index contributed by atoms with van der Waals surface area (Å²) in [5, 5.41) is 5.15. The summed E-state index contributed by atoms with van der Waals surface area (Å²) in [5.74, 6) is 1.51. The first-order chi connectivity index (χ1) is 30.0. The molecule has 13 rings (SSSR count). The number of para-hydroxylation sites is 1. The summed E-state index contributed by atoms with van der Waals surface area (Å²) in [5.41, 5.74) is 20.1. The molecule has 0 aromatic heterocycles. The van der Waals surface area contributed by atoms with Gasteiger partial charge in [0.25, 0.3) is 0 Å². The molecule has 3 atom stereocenters. The molecule has 0 heterocycles. The summed E-state index contributed by atoms with van der Waals surface area (Å²) >= 11 is 0. The molecule has 0 saturated heterocycles. The van der Waals surface area contributed by atoms with Crippen LogP contribution in [-0.4, -0.2) is 0 Å². The van der Waals surface area contributed by atoms with Crippen LogP contribution in [0.15, 0.2) is 188 Å². The van der Waals surface area contributed by atoms with Crippen molar-refractivity contribution in [2.75, 3.05) is 4.90 Å². The van der Waals surface area contributed by atoms with E-state index in [4.69, 9.17) is 0 Å². The van der Waals surface area contributed by atoms with Crippen LogP contribution in [0.4, 0.5) is 17.1 Å². The second-order valence-corrected chi connectivity index (χ2v) is 18.8. The standard InChI is InChI=1S/C60H47N/c1-59(2)54-22-8-5-16-49(54)52-20-12-21-53(58(52)59)51-17-7-10-24-57(51)61(42-30-26-40(27-31-42)45-18-11-19-46-44-14-4-3-13-39(44)28-33-47(45)46)43-32-34-50-48-15-6-9-23-55(48)60(56(50)36-43)37-38-25-29-41(60)35-38/h3-24,26-28,30-34,36,38,41H,25,29,35,37H2,1-2H3. The normalized spacial score (nSPS) is 19.9. The van der Waals surface area contributed by atoms with E-state index in [1.54, 1.807) is 5.56 Å². The lowest BCUT2D eigenvalue weighted by atomic mass is 9.67. The van der Waals surface area contributed by atoms with E-state index >= 15 is 0 Å². The highest BCUT2D eigenvalue weighted by molar-refractivity contribution is 6.12. The van der Waals surface area contributed by atoms with Crippen molar-refractivity contribution >= 4 is 38.6 Å². The maximum absolute atomic E-state index is 2.60. The van der Waals surface area contributed by atoms with E-state index in [1.165, 1.54) is 120 Å². The van der Waals surface area contributed by atoms with Crippen molar-refractivity contribution in [3.8, 4) is 44.5 Å². The number of nitrogens with zero attached hydrogens (tertiary/aromatic N) is 1. The zero-order chi connectivity index (χ0) is 40.5. The molecule has 292 valence electrons. The lowest BCUT2D eigenvalue weighted by molar-refractivity contribution is 0.327. The Kier molecular flexibility index (Phi) is 7.42. The Bertz CT molecular complexity index is 3260. The van der Waals surface area contributed by atoms with E-state index < -0.39 is 0 Å². The number of benzene rings is 9. The van der Waals surface area contributed by atoms with Crippen molar-refractivity contribution in [1.82, 2.24) is 0 Å². The van der Waals surface area contributed by atoms with Crippen LogP contribution in [0.2, 0.25) is 0 Å². The molecule has 1 spiro atoms. The average molecular weight is 782 g/mol. The Hall–Kier alpha value is -6.70. The van der Waals surface area contributed by atoms with Crippen LogP contribution in [0.3, 0.4) is 0 Å². The molecule has 2 bridgehead atoms. The highest BCUT2D eigenvalue weighted by Crippen LogP contribution is 2.66. The number of fused-ring (bicyclic) bond motifs is 14. The fraction of sp³-hybridized carbons (Fsp3) is 0.167. The first-order valence-corrected chi connectivity index (χ1v) is 22.4. The number of anilines is 3. The highest BCUT2D eigenvalue weighted by atomic mass is 15.1. The molecule has 4 aliphatic carbocycles. The molecule has 0 radical (unpaired) electrons. The minimum atomic E-state index is -0.139. The van der Waals surface area contributed by atoms with Crippen LogP contribution in [0.5, 0.6) is 0 Å². The van der Waals surface area contributed by atoms with E-state index in [9.17, 15) is 0 Å². The molecule has 2 saturated carbocycles. The molecule has 61 heavy (non-hydrogen) atoms. The Morgan fingerprint density at radius 3 is 1.87 bits per heavy atom. The summed E-state index contributed by atoms with van der Waals surface area (Å²) in [6.07, 6.45) is 5.33. The Labute approximate surface area is 359 Å². The summed E-state index contributed by atoms with van der Waals surface area (Å²) in [6.45, 7) is 4.81. The number of hydrogen-bond acceptors (Lipinski definition) is 1. The van der Waals surface area contributed by atoms with Gasteiger partial charge in [0.15, 0.2) is 0 Å². The van der Waals surface area contributed by atoms with Crippen molar-refractivity contribution in [2.45, 2.75) is 50.4 Å². The van der Waals surface area contributed by atoms with E-state index in [0.717, 1.165) is 11.6 Å². The monoisotopic (exact) mass is 781 g/mol. The van der Waals surface area contributed by atoms with Crippen molar-refractivity contribution in [3.05, 3.63) is 210 Å². The smallest absolute Gasteiger partial charge is 0.0540 e. The lowest BCUT2D eigenvalue weighted by Gasteiger charge is -2.37. The average Bonchev–Trinajstić information content (AvgIpc) is 4.06. The third kappa shape index (κ3) is 4.89. The van der Waals surface area contributed by atoms with Gasteiger partial charge >= 0.3 is 0 Å². The van der Waals surface area contributed by atoms with Crippen molar-refractivity contribution in [3.63, 3.8) is 0 Å². The summed E-state index contributed by atoms with van der Waals surface area (Å²) in [7, 11) is 0. The van der Waals surface area contributed by atoms with E-state index in [1.807, 2.05) is 0 Å². The maximum Gasteiger partial charge on any atom is 0.0540 e. The topological polar surface area (TPSA) is 3.24 Å². The Morgan fingerprint density at radius 1 is 0.443 bits per heavy atom. The van der Waals surface area contributed by atoms with Gasteiger partial charge in [-0.1, -0.05) is 178 Å². The molecule has 0 amide bonds. The SMILES string of the molecule is CC1(C)c2ccccc2-c2cccc(-c3ccccc3N(c3ccc(-c4cccc5c4ccc4ccccc45)cc3)c3ccc4c(c3)C3(CC5CCC3C5)c3ccccc3-4)c21. The first kappa shape index (κ1) is 35.1. The minimum absolute atomic E-state index is 0.0918. The maximum atomic E-state index is 2.60. The molecule has 0 N–H and O–H groups in total. The third-order valence-corrected chi connectivity index (χ3v) is 15.5. The molecule has 0 aliphatic heterocycles. The van der Waals surface area contributed by atoms with Gasteiger partial charge < -0.3 is 4.90 Å². The second kappa shape index (κ2) is 12.9. The Balaban J connectivity index is 1.01. The summed E-state index contributed by atoms with van der Waals surface area (Å²) in [4.78, 5) is 2.56. The van der Waals surface area contributed by atoms with Gasteiger partial charge in [-0.15, -0.1) is 0 Å². The van der Waals surface area contributed by atoms with Gasteiger partial charge in [0, 0.05) is 27.8 Å². The molecule has 9 aromatic rings. The molecular weight excluding hydrogens is 735 g/mol. The fourth-order valence-corrected chi connectivity index (χ4v) is 13.0. The molecule has 3 unspecified atom stereocenters. The van der Waals surface area contributed by atoms with E-state index in [2.05, 4.69) is 207 Å². The fourth-order valence-electron chi connectivity index (χ4n) is 13.0. The molecule has 1 heteroatoms. The van der Waals surface area contributed by atoms with Crippen LogP contribution in [0, 0.1) is 11.8 Å². The predicted molar refractivity (Wildman–Crippen MR) is 256 cm³/mol. The Morgan fingerprint density at radius 2 is 1.07 bits per heavy atom. The second-order valence-electron chi connectivity index (χ2n) is 18.8. The van der Waals surface area contributed by atoms with Gasteiger partial charge in [0.2, 0.25) is 0 Å². The van der Waals surface area contributed by atoms with Crippen LogP contribution < -0.4 is 4.90 Å². The molecular formula is C60H47N. The number of hydrogen-bond donors (Lipinski definition) is 0. The van der Waals surface area contributed by atoms with Crippen LogP contribution >= 0.6 is 0 Å². The van der Waals surface area contributed by atoms with Gasteiger partial charge in [-0.2, -0.15) is 0 Å². The quantitative estimate of drug-likeness (QED) is 0.157. The zero-order valence-electron chi connectivity index (χ0n) is 34.8. The zero-order valence-corrected chi connectivity index (χ0v) is 34.8. The molecule has 9 aromatic carbocycles. The van der Waals surface area contributed by atoms with Gasteiger partial charge in [0.05, 0.1) is 5.69 Å². The van der Waals surface area contributed by atoms with Gasteiger partial charge in [0.1, 0.15) is 0 Å². The summed E-state index contributed by atoms with van der Waals surface area (Å²) in [6, 6.07) is 71.4. The minimum Gasteiger partial charge on any atom is -0.310 e. The summed E-state index contributed by atoms with van der Waals surface area (Å²) < 4.78 is 0. The van der Waals surface area contributed by atoms with E-state index in [0.29, 0.717) is 5.92 Å². The van der Waals surface area contributed by atoms with Crippen LogP contribution in [0.25, 0.3) is 66.1 Å². The van der Waals surface area contributed by atoms with Gasteiger partial charge in [-0.05, 0) is 144 Å². The molecule has 2 fully saturated rings. The van der Waals surface area contributed by atoms with E-state index in [-0.39, 0.29) is 10.8 Å². The third-order valence-electron chi connectivity index (χ3n) is 15.5. The van der Waals surface area contributed by atoms with Gasteiger partial charge in [-0.3, -0.25) is 0 Å². The van der Waals surface area contributed by atoms with Crippen molar-refractivity contribution in [1.29, 1.82) is 0 Å². The van der Waals surface area contributed by atoms with Crippen LogP contribution in [-0.2, 0) is 10.8 Å². The largest absolute Gasteiger partial charge is 0.310 e. The van der Waals surface area contributed by atoms with Crippen molar-refractivity contribution in [2.24, 2.45) is 11.8 Å². The van der Waals surface area contributed by atoms with Gasteiger partial charge in [-0.25, -0.2) is 0 Å². The lowest BCUT2D eigenvalue weighted by Crippen LogP contribution is -2.32. The molecule has 4 aliphatic rings. The van der Waals surface area contributed by atoms with Crippen LogP contribution in [0.1, 0.15) is 61.8 Å². The number of rotatable bonds is 5. The van der Waals surface area contributed by atoms with Crippen molar-refractivity contribution < 1.29 is 0 Å².